The van der Waals surface area contributed by atoms with Crippen LogP contribution in [0.4, 0.5) is 5.69 Å². The molecule has 0 radical (unpaired) electrons. The Bertz CT molecular complexity index is 1860. The lowest BCUT2D eigenvalue weighted by Gasteiger charge is -2.45. The first-order valence-electron chi connectivity index (χ1n) is 15.2. The van der Waals surface area contributed by atoms with E-state index in [1.54, 1.807) is 14.2 Å². The Hall–Kier alpha value is -4.41. The minimum atomic E-state index is -0.230. The van der Waals surface area contributed by atoms with Crippen molar-refractivity contribution in [1.29, 1.82) is 0 Å². The molecular weight excluding hydrogens is 554 g/mol. The molecule has 0 spiro atoms. The van der Waals surface area contributed by atoms with Gasteiger partial charge in [0.25, 0.3) is 5.91 Å². The Balaban J connectivity index is 1.17. The van der Waals surface area contributed by atoms with Gasteiger partial charge in [0.1, 0.15) is 23.0 Å². The average Bonchev–Trinajstić information content (AvgIpc) is 3.56. The van der Waals surface area contributed by atoms with Crippen molar-refractivity contribution in [1.82, 2.24) is 28.7 Å². The molecule has 1 saturated heterocycles. The molecule has 228 valence electrons. The van der Waals surface area contributed by atoms with Crippen LogP contribution in [0.1, 0.15) is 40.8 Å². The molecule has 0 unspecified atom stereocenters. The van der Waals surface area contributed by atoms with Crippen molar-refractivity contribution in [3.05, 3.63) is 72.1 Å². The highest BCUT2D eigenvalue weighted by molar-refractivity contribution is 6.08. The number of nitrogens with zero attached hydrogens (tertiary/aromatic N) is 6. The van der Waals surface area contributed by atoms with Crippen molar-refractivity contribution < 1.29 is 14.3 Å². The molecule has 1 saturated carbocycles. The van der Waals surface area contributed by atoms with Gasteiger partial charge in [-0.1, -0.05) is 12.1 Å². The predicted octanol–water partition coefficient (Wildman–Crippen LogP) is 4.96. The van der Waals surface area contributed by atoms with Crippen LogP contribution in [0.3, 0.4) is 0 Å². The van der Waals surface area contributed by atoms with Gasteiger partial charge in [0.15, 0.2) is 0 Å². The maximum atomic E-state index is 13.5. The number of carbonyl (C=O) groups is 1. The number of rotatable bonds is 7. The third kappa shape index (κ3) is 4.78. The normalized spacial score (nSPS) is 19.3. The number of amides is 1. The topological polar surface area (TPSA) is 89.2 Å². The van der Waals surface area contributed by atoms with Gasteiger partial charge in [0, 0.05) is 68.5 Å². The zero-order chi connectivity index (χ0) is 30.5. The van der Waals surface area contributed by atoms with Crippen LogP contribution in [-0.4, -0.2) is 88.1 Å². The van der Waals surface area contributed by atoms with E-state index in [1.165, 1.54) is 0 Å². The molecule has 4 heterocycles. The van der Waals surface area contributed by atoms with Crippen LogP contribution in [0, 0.1) is 6.92 Å². The summed E-state index contributed by atoms with van der Waals surface area (Å²) in [4.78, 5) is 28.4. The first-order valence-corrected chi connectivity index (χ1v) is 15.2. The van der Waals surface area contributed by atoms with Gasteiger partial charge >= 0.3 is 0 Å². The quantitative estimate of drug-likeness (QED) is 0.285. The molecule has 1 aliphatic carbocycles. The Kier molecular flexibility index (Phi) is 7.26. The van der Waals surface area contributed by atoms with E-state index >= 15 is 0 Å². The van der Waals surface area contributed by atoms with E-state index in [0.717, 1.165) is 84.0 Å². The number of fused-ring (bicyclic) bond motifs is 2. The van der Waals surface area contributed by atoms with E-state index < -0.39 is 0 Å². The van der Waals surface area contributed by atoms with Gasteiger partial charge in [-0.3, -0.25) is 19.1 Å². The molecule has 44 heavy (non-hydrogen) atoms. The van der Waals surface area contributed by atoms with Crippen LogP contribution in [0.15, 0.2) is 54.9 Å². The van der Waals surface area contributed by atoms with Crippen LogP contribution >= 0.6 is 0 Å². The van der Waals surface area contributed by atoms with Gasteiger partial charge < -0.3 is 24.3 Å². The lowest BCUT2D eigenvalue weighted by Crippen LogP contribution is -2.52. The number of aryl methyl sites for hydroxylation is 2. The lowest BCUT2D eigenvalue weighted by molar-refractivity contribution is 0.0586. The van der Waals surface area contributed by atoms with Crippen molar-refractivity contribution in [3.8, 4) is 22.8 Å². The predicted molar refractivity (Wildman–Crippen MR) is 172 cm³/mol. The number of ether oxygens (including phenoxy) is 2. The summed E-state index contributed by atoms with van der Waals surface area (Å²) in [5.41, 5.74) is 5.77. The van der Waals surface area contributed by atoms with Crippen LogP contribution in [0.25, 0.3) is 27.7 Å². The van der Waals surface area contributed by atoms with Gasteiger partial charge in [-0.15, -0.1) is 0 Å². The fourth-order valence-corrected chi connectivity index (χ4v) is 6.85. The van der Waals surface area contributed by atoms with Gasteiger partial charge in [-0.05, 0) is 57.1 Å². The maximum absolute atomic E-state index is 13.5. The molecular formula is C34H39N7O3. The van der Waals surface area contributed by atoms with Crippen LogP contribution in [-0.2, 0) is 7.05 Å². The number of imidazole rings is 1. The van der Waals surface area contributed by atoms with Crippen molar-refractivity contribution in [2.24, 2.45) is 7.05 Å². The Morgan fingerprint density at radius 2 is 1.75 bits per heavy atom. The highest BCUT2D eigenvalue weighted by atomic mass is 16.5. The number of carbonyl (C=O) groups excluding carboxylic acids is 1. The summed E-state index contributed by atoms with van der Waals surface area (Å²) in [5, 5.41) is 3.94. The monoisotopic (exact) mass is 593 g/mol. The molecule has 0 bridgehead atoms. The summed E-state index contributed by atoms with van der Waals surface area (Å²) >= 11 is 0. The van der Waals surface area contributed by atoms with Crippen molar-refractivity contribution in [3.63, 3.8) is 0 Å². The largest absolute Gasteiger partial charge is 0.496 e. The minimum absolute atomic E-state index is 0.230. The molecule has 2 aromatic carbocycles. The molecule has 5 aromatic rings. The molecule has 0 atom stereocenters. The van der Waals surface area contributed by atoms with Gasteiger partial charge in [-0.2, -0.15) is 0 Å². The SMILES string of the molecule is COc1cc(-c2nc(C3CC(N4CCN(C)CC4)C3)n3ccnc(C)c23)ccc1NC(=O)c1cc2c(OC)cccc2n1C. The number of nitrogens with one attached hydrogen (secondary N) is 1. The highest BCUT2D eigenvalue weighted by Crippen LogP contribution is 2.42. The maximum Gasteiger partial charge on any atom is 0.272 e. The molecule has 10 nitrogen and oxygen atoms in total. The molecule has 1 aliphatic heterocycles. The Morgan fingerprint density at radius 1 is 0.977 bits per heavy atom. The lowest BCUT2D eigenvalue weighted by atomic mass is 9.78. The second-order valence-electron chi connectivity index (χ2n) is 12.1. The number of piperazine rings is 1. The van der Waals surface area contributed by atoms with E-state index in [-0.39, 0.29) is 5.91 Å². The van der Waals surface area contributed by atoms with E-state index in [0.29, 0.717) is 29.1 Å². The van der Waals surface area contributed by atoms with Crippen molar-refractivity contribution >= 4 is 28.0 Å². The number of benzene rings is 2. The summed E-state index contributed by atoms with van der Waals surface area (Å²) in [6.07, 6.45) is 6.13. The van der Waals surface area contributed by atoms with Crippen molar-refractivity contribution in [2.75, 3.05) is 52.8 Å². The number of anilines is 1. The summed E-state index contributed by atoms with van der Waals surface area (Å²) in [5.74, 6) is 2.56. The molecule has 1 N–H and O–H groups in total. The summed E-state index contributed by atoms with van der Waals surface area (Å²) < 4.78 is 15.4. The zero-order valence-corrected chi connectivity index (χ0v) is 26.0. The first-order chi connectivity index (χ1) is 21.4. The van der Waals surface area contributed by atoms with E-state index in [9.17, 15) is 4.79 Å². The highest BCUT2D eigenvalue weighted by Gasteiger charge is 2.38. The van der Waals surface area contributed by atoms with E-state index in [1.807, 2.05) is 73.4 Å². The number of hydrogen-bond donors (Lipinski definition) is 1. The number of likely N-dealkylation sites (N-methyl/N-ethyl adjacent to an activating group) is 1. The van der Waals surface area contributed by atoms with Crippen molar-refractivity contribution in [2.45, 2.75) is 31.7 Å². The van der Waals surface area contributed by atoms with Crippen LogP contribution in [0.5, 0.6) is 11.5 Å². The molecule has 7 rings (SSSR count). The average molecular weight is 594 g/mol. The zero-order valence-electron chi connectivity index (χ0n) is 26.0. The fraction of sp³-hybridized carbons (Fsp3) is 0.382. The van der Waals surface area contributed by atoms with E-state index in [4.69, 9.17) is 14.5 Å². The first kappa shape index (κ1) is 28.4. The van der Waals surface area contributed by atoms with Crippen LogP contribution < -0.4 is 14.8 Å². The molecule has 10 heteroatoms. The third-order valence-electron chi connectivity index (χ3n) is 9.52. The van der Waals surface area contributed by atoms with Crippen LogP contribution in [0.2, 0.25) is 0 Å². The third-order valence-corrected chi connectivity index (χ3v) is 9.52. The Labute approximate surface area is 257 Å². The second kappa shape index (κ2) is 11.3. The standard InChI is InChI=1S/C34H39N7O3/c1-21-32-31(37-33(41(32)12-11-35-21)23-17-24(18-23)40-15-13-38(2)14-16-40)22-9-10-26(30(19-22)44-5)36-34(42)28-20-25-27(39(28)3)7-6-8-29(25)43-4/h6-12,19-20,23-24H,13-18H2,1-5H3,(H,36,42). The summed E-state index contributed by atoms with van der Waals surface area (Å²) in [6, 6.07) is 14.1. The molecule has 1 amide bonds. The van der Waals surface area contributed by atoms with Gasteiger partial charge in [-0.25, -0.2) is 4.98 Å². The molecule has 2 fully saturated rings. The Morgan fingerprint density at radius 3 is 2.50 bits per heavy atom. The molecule has 2 aliphatic rings. The smallest absolute Gasteiger partial charge is 0.272 e. The summed E-state index contributed by atoms with van der Waals surface area (Å²) in [6.45, 7) is 6.58. The minimum Gasteiger partial charge on any atom is -0.496 e. The molecule has 3 aromatic heterocycles. The van der Waals surface area contributed by atoms with E-state index in [2.05, 4.69) is 31.5 Å². The number of hydrogen-bond acceptors (Lipinski definition) is 7. The second-order valence-corrected chi connectivity index (χ2v) is 12.1. The fourth-order valence-electron chi connectivity index (χ4n) is 6.85. The van der Waals surface area contributed by atoms with Gasteiger partial charge in [0.05, 0.1) is 42.3 Å². The number of aromatic nitrogens is 4. The summed E-state index contributed by atoms with van der Waals surface area (Å²) in [7, 11) is 7.33. The number of methoxy groups -OCH3 is 2. The van der Waals surface area contributed by atoms with Gasteiger partial charge in [0.2, 0.25) is 0 Å².